The third kappa shape index (κ3) is 3.44. The van der Waals surface area contributed by atoms with Gasteiger partial charge in [-0.15, -0.1) is 0 Å². The molecule has 1 heterocycles. The van der Waals surface area contributed by atoms with Gasteiger partial charge in [0.1, 0.15) is 5.15 Å². The van der Waals surface area contributed by atoms with Crippen molar-refractivity contribution in [1.82, 2.24) is 4.98 Å². The zero-order valence-corrected chi connectivity index (χ0v) is 10.3. The molecule has 0 saturated heterocycles. The van der Waals surface area contributed by atoms with E-state index in [1.165, 1.54) is 13.3 Å². The molecule has 0 bridgehead atoms. The fraction of sp³-hybridized carbons (Fsp3) is 0.273. The molecule has 0 amide bonds. The molecule has 0 aliphatic carbocycles. The first-order chi connectivity index (χ1) is 7.69. The molecule has 0 unspecified atom stereocenters. The van der Waals surface area contributed by atoms with Crippen LogP contribution in [0.3, 0.4) is 0 Å². The van der Waals surface area contributed by atoms with E-state index in [1.54, 1.807) is 6.07 Å². The third-order valence-corrected chi connectivity index (χ3v) is 2.24. The Morgan fingerprint density at radius 2 is 2.44 bits per heavy atom. The lowest BCUT2D eigenvalue weighted by molar-refractivity contribution is 0.0600. The highest BCUT2D eigenvalue weighted by molar-refractivity contribution is 7.80. The Kier molecular flexibility index (Phi) is 5.17. The van der Waals surface area contributed by atoms with E-state index in [1.807, 2.05) is 0 Å². The first-order valence-electron chi connectivity index (χ1n) is 4.52. The van der Waals surface area contributed by atoms with Crippen LogP contribution in [-0.4, -0.2) is 23.8 Å². The van der Waals surface area contributed by atoms with Crippen molar-refractivity contribution in [3.8, 4) is 11.8 Å². The average Bonchev–Trinajstić information content (AvgIpc) is 2.31. The van der Waals surface area contributed by atoms with Crippen LogP contribution in [-0.2, 0) is 4.74 Å². The number of ether oxygens (including phenoxy) is 1. The zero-order valence-electron chi connectivity index (χ0n) is 8.66. The molecule has 16 heavy (non-hydrogen) atoms. The first kappa shape index (κ1) is 12.9. The number of esters is 1. The second kappa shape index (κ2) is 6.41. The van der Waals surface area contributed by atoms with Gasteiger partial charge in [-0.1, -0.05) is 23.4 Å². The predicted molar refractivity (Wildman–Crippen MR) is 65.9 cm³/mol. The van der Waals surface area contributed by atoms with Crippen LogP contribution in [0, 0.1) is 11.8 Å². The minimum atomic E-state index is -0.457. The van der Waals surface area contributed by atoms with Gasteiger partial charge in [0, 0.05) is 18.4 Å². The van der Waals surface area contributed by atoms with Crippen molar-refractivity contribution in [3.05, 3.63) is 28.5 Å². The number of pyridine rings is 1. The Bertz CT molecular complexity index is 451. The van der Waals surface area contributed by atoms with Gasteiger partial charge in [0.25, 0.3) is 0 Å². The van der Waals surface area contributed by atoms with Gasteiger partial charge in [-0.3, -0.25) is 0 Å². The number of carbonyl (C=O) groups excluding carboxylic acids is 1. The Hall–Kier alpha value is -1.18. The molecule has 1 aromatic rings. The molecule has 1 rings (SSSR count). The van der Waals surface area contributed by atoms with Gasteiger partial charge in [-0.2, -0.15) is 12.6 Å². The standard InChI is InChI=1S/C11H10ClNO2S/c1-15-11(14)9-6-8(4-2-3-5-16)10(12)13-7-9/h6-7,16H,3,5H2,1H3. The van der Waals surface area contributed by atoms with Crippen LogP contribution in [0.5, 0.6) is 0 Å². The molecule has 0 radical (unpaired) electrons. The van der Waals surface area contributed by atoms with Crippen LogP contribution >= 0.6 is 24.2 Å². The quantitative estimate of drug-likeness (QED) is 0.381. The lowest BCUT2D eigenvalue weighted by atomic mass is 10.2. The Balaban J connectivity index is 3.01. The van der Waals surface area contributed by atoms with Gasteiger partial charge in [-0.25, -0.2) is 9.78 Å². The van der Waals surface area contributed by atoms with E-state index in [0.717, 1.165) is 0 Å². The third-order valence-electron chi connectivity index (χ3n) is 1.72. The summed E-state index contributed by atoms with van der Waals surface area (Å²) in [5.74, 6) is 5.92. The molecule has 0 aliphatic rings. The highest BCUT2D eigenvalue weighted by Crippen LogP contribution is 2.13. The molecule has 0 fully saturated rings. The zero-order chi connectivity index (χ0) is 12.0. The molecule has 0 N–H and O–H groups in total. The van der Waals surface area contributed by atoms with E-state index in [2.05, 4.69) is 34.2 Å². The van der Waals surface area contributed by atoms with Crippen molar-refractivity contribution < 1.29 is 9.53 Å². The summed E-state index contributed by atoms with van der Waals surface area (Å²) >= 11 is 9.87. The van der Waals surface area contributed by atoms with Gasteiger partial charge >= 0.3 is 5.97 Å². The van der Waals surface area contributed by atoms with E-state index < -0.39 is 5.97 Å². The maximum Gasteiger partial charge on any atom is 0.339 e. The summed E-state index contributed by atoms with van der Waals surface area (Å²) in [7, 11) is 1.31. The van der Waals surface area contributed by atoms with Crippen molar-refractivity contribution >= 4 is 30.2 Å². The SMILES string of the molecule is COC(=O)c1cnc(Cl)c(C#CCCS)c1. The first-order valence-corrected chi connectivity index (χ1v) is 5.53. The summed E-state index contributed by atoms with van der Waals surface area (Å²) in [6.07, 6.45) is 2.01. The van der Waals surface area contributed by atoms with Crippen molar-refractivity contribution in [2.75, 3.05) is 12.9 Å². The smallest absolute Gasteiger partial charge is 0.339 e. The minimum absolute atomic E-state index is 0.277. The molecule has 3 nitrogen and oxygen atoms in total. The van der Waals surface area contributed by atoms with Crippen LogP contribution in [0.2, 0.25) is 5.15 Å². The van der Waals surface area contributed by atoms with Gasteiger partial charge in [-0.05, 0) is 6.07 Å². The molecule has 1 aromatic heterocycles. The van der Waals surface area contributed by atoms with Gasteiger partial charge in [0.2, 0.25) is 0 Å². The van der Waals surface area contributed by atoms with Crippen molar-refractivity contribution in [1.29, 1.82) is 0 Å². The van der Waals surface area contributed by atoms with E-state index >= 15 is 0 Å². The van der Waals surface area contributed by atoms with Crippen molar-refractivity contribution in [2.45, 2.75) is 6.42 Å². The van der Waals surface area contributed by atoms with E-state index in [4.69, 9.17) is 11.6 Å². The largest absolute Gasteiger partial charge is 0.465 e. The molecule has 84 valence electrons. The minimum Gasteiger partial charge on any atom is -0.465 e. The number of nitrogens with zero attached hydrogens (tertiary/aromatic N) is 1. The lowest BCUT2D eigenvalue weighted by Crippen LogP contribution is -2.02. The topological polar surface area (TPSA) is 39.2 Å². The fourth-order valence-electron chi connectivity index (χ4n) is 0.979. The molecular weight excluding hydrogens is 246 g/mol. The van der Waals surface area contributed by atoms with Crippen LogP contribution in [0.25, 0.3) is 0 Å². The maximum atomic E-state index is 11.2. The summed E-state index contributed by atoms with van der Waals surface area (Å²) in [5, 5.41) is 0.277. The number of carbonyl (C=O) groups is 1. The lowest BCUT2D eigenvalue weighted by Gasteiger charge is -2.00. The van der Waals surface area contributed by atoms with Crippen molar-refractivity contribution in [2.24, 2.45) is 0 Å². The van der Waals surface area contributed by atoms with Gasteiger partial charge in [0.05, 0.1) is 18.2 Å². The van der Waals surface area contributed by atoms with Crippen LogP contribution < -0.4 is 0 Å². The Labute approximate surface area is 105 Å². The van der Waals surface area contributed by atoms with Crippen LogP contribution in [0.4, 0.5) is 0 Å². The summed E-state index contributed by atoms with van der Waals surface area (Å²) < 4.78 is 4.57. The monoisotopic (exact) mass is 255 g/mol. The number of hydrogen-bond donors (Lipinski definition) is 1. The average molecular weight is 256 g/mol. The molecule has 0 aliphatic heterocycles. The van der Waals surface area contributed by atoms with E-state index in [0.29, 0.717) is 23.3 Å². The predicted octanol–water partition coefficient (Wildman–Crippen LogP) is 2.19. The number of halogens is 1. The van der Waals surface area contributed by atoms with Crippen LogP contribution in [0.1, 0.15) is 22.3 Å². The summed E-state index contributed by atoms with van der Waals surface area (Å²) in [6, 6.07) is 1.56. The van der Waals surface area contributed by atoms with Gasteiger partial charge < -0.3 is 4.74 Å². The molecular formula is C11H10ClNO2S. The molecule has 0 spiro atoms. The Morgan fingerprint density at radius 3 is 3.06 bits per heavy atom. The molecule has 0 saturated carbocycles. The molecule has 5 heteroatoms. The number of thiol groups is 1. The number of aromatic nitrogens is 1. The number of methoxy groups -OCH3 is 1. The summed E-state index contributed by atoms with van der Waals surface area (Å²) in [5.41, 5.74) is 0.855. The number of hydrogen-bond acceptors (Lipinski definition) is 4. The molecule has 0 aromatic carbocycles. The van der Waals surface area contributed by atoms with E-state index in [-0.39, 0.29) is 5.15 Å². The highest BCUT2D eigenvalue weighted by Gasteiger charge is 2.08. The van der Waals surface area contributed by atoms with Crippen LogP contribution in [0.15, 0.2) is 12.3 Å². The summed E-state index contributed by atoms with van der Waals surface area (Å²) in [6.45, 7) is 0. The Morgan fingerprint density at radius 1 is 1.69 bits per heavy atom. The summed E-state index contributed by atoms with van der Waals surface area (Å²) in [4.78, 5) is 15.1. The second-order valence-corrected chi connectivity index (χ2v) is 3.63. The normalized spacial score (nSPS) is 9.19. The molecule has 0 atom stereocenters. The fourth-order valence-corrected chi connectivity index (χ4v) is 1.24. The highest BCUT2D eigenvalue weighted by atomic mass is 35.5. The maximum absolute atomic E-state index is 11.2. The number of rotatable bonds is 2. The van der Waals surface area contributed by atoms with Gasteiger partial charge in [0.15, 0.2) is 0 Å². The van der Waals surface area contributed by atoms with E-state index in [9.17, 15) is 4.79 Å². The second-order valence-electron chi connectivity index (χ2n) is 2.83. The van der Waals surface area contributed by atoms with Crippen molar-refractivity contribution in [3.63, 3.8) is 0 Å².